The quantitative estimate of drug-likeness (QED) is 0.353. The predicted octanol–water partition coefficient (Wildman–Crippen LogP) is 4.84. The normalized spacial score (nSPS) is 12.5. The first kappa shape index (κ1) is 16.5. The summed E-state index contributed by atoms with van der Waals surface area (Å²) in [5.41, 5.74) is 1.29. The van der Waals surface area contributed by atoms with E-state index < -0.39 is 0 Å². The van der Waals surface area contributed by atoms with E-state index in [1.807, 2.05) is 36.4 Å². The zero-order valence-corrected chi connectivity index (χ0v) is 14.2. The first-order chi connectivity index (χ1) is 11.8. The molecule has 0 spiro atoms. The summed E-state index contributed by atoms with van der Waals surface area (Å²) >= 11 is 0. The number of rotatable bonds is 7. The molecule has 0 fully saturated rings. The van der Waals surface area contributed by atoms with E-state index in [1.165, 1.54) is 5.56 Å². The molecule has 0 aliphatic rings. The molecule has 0 saturated carbocycles. The largest absolute Gasteiger partial charge is 0.337 e. The minimum atomic E-state index is 0.308. The lowest BCUT2D eigenvalue weighted by Gasteiger charge is -2.24. The van der Waals surface area contributed by atoms with Crippen LogP contribution in [0, 0.1) is 0 Å². The molecule has 0 N–H and O–H groups in total. The van der Waals surface area contributed by atoms with Crippen molar-refractivity contribution in [2.24, 2.45) is 0 Å². The predicted molar refractivity (Wildman–Crippen MR) is 98.0 cm³/mol. The molecule has 0 heterocycles. The molecule has 0 unspecified atom stereocenters. The Morgan fingerprint density at radius 2 is 1.54 bits per heavy atom. The van der Waals surface area contributed by atoms with Crippen molar-refractivity contribution in [1.29, 1.82) is 0 Å². The highest BCUT2D eigenvalue weighted by Crippen LogP contribution is 2.26. The molecule has 0 aromatic heterocycles. The van der Waals surface area contributed by atoms with Gasteiger partial charge in [-0.15, -0.1) is 0 Å². The van der Waals surface area contributed by atoms with Gasteiger partial charge in [-0.2, -0.15) is 4.89 Å². The van der Waals surface area contributed by atoms with Gasteiger partial charge in [0.05, 0.1) is 6.61 Å². The van der Waals surface area contributed by atoms with Gasteiger partial charge in [0.15, 0.2) is 5.75 Å². The van der Waals surface area contributed by atoms with E-state index in [1.54, 1.807) is 0 Å². The van der Waals surface area contributed by atoms with Crippen molar-refractivity contribution < 1.29 is 9.78 Å². The van der Waals surface area contributed by atoms with Gasteiger partial charge in [-0.05, 0) is 37.5 Å². The lowest BCUT2D eigenvalue weighted by molar-refractivity contribution is -0.208. The monoisotopic (exact) mass is 321 g/mol. The maximum absolute atomic E-state index is 5.57. The fourth-order valence-electron chi connectivity index (χ4n) is 2.93. The molecule has 3 aromatic carbocycles. The molecule has 24 heavy (non-hydrogen) atoms. The Bertz CT molecular complexity index is 766. The summed E-state index contributed by atoms with van der Waals surface area (Å²) in [5, 5.41) is 2.21. The van der Waals surface area contributed by atoms with Crippen molar-refractivity contribution in [3.63, 3.8) is 0 Å². The zero-order chi connectivity index (χ0) is 16.8. The molecular formula is C21H23NO2. The molecule has 3 heteroatoms. The van der Waals surface area contributed by atoms with Crippen LogP contribution in [-0.2, 0) is 4.89 Å². The third kappa shape index (κ3) is 3.94. The van der Waals surface area contributed by atoms with Crippen LogP contribution >= 0.6 is 0 Å². The van der Waals surface area contributed by atoms with Crippen molar-refractivity contribution in [3.8, 4) is 5.75 Å². The highest BCUT2D eigenvalue weighted by molar-refractivity contribution is 5.88. The summed E-state index contributed by atoms with van der Waals surface area (Å²) in [6.45, 7) is 0.529. The van der Waals surface area contributed by atoms with Crippen LogP contribution in [0.2, 0.25) is 0 Å². The average molecular weight is 321 g/mol. The van der Waals surface area contributed by atoms with E-state index in [0.717, 1.165) is 22.9 Å². The Labute approximate surface area is 143 Å². The summed E-state index contributed by atoms with van der Waals surface area (Å²) in [7, 11) is 4.17. The maximum atomic E-state index is 5.57. The summed E-state index contributed by atoms with van der Waals surface area (Å²) in [5.74, 6) is 0.759. The topological polar surface area (TPSA) is 21.7 Å². The van der Waals surface area contributed by atoms with Crippen LogP contribution < -0.4 is 4.89 Å². The van der Waals surface area contributed by atoms with E-state index in [9.17, 15) is 0 Å². The molecule has 3 nitrogen and oxygen atoms in total. The Kier molecular flexibility index (Phi) is 5.47. The number of nitrogens with zero attached hydrogens (tertiary/aromatic N) is 1. The number of hydrogen-bond donors (Lipinski definition) is 0. The van der Waals surface area contributed by atoms with Crippen molar-refractivity contribution in [1.82, 2.24) is 4.90 Å². The molecule has 1 atom stereocenters. The minimum absolute atomic E-state index is 0.308. The molecular weight excluding hydrogens is 298 g/mol. The van der Waals surface area contributed by atoms with Gasteiger partial charge in [-0.1, -0.05) is 66.7 Å². The van der Waals surface area contributed by atoms with E-state index in [0.29, 0.717) is 12.6 Å². The number of fused-ring (bicyclic) bond motifs is 1. The Balaban J connectivity index is 1.59. The van der Waals surface area contributed by atoms with Gasteiger partial charge in [0.2, 0.25) is 0 Å². The molecule has 3 aromatic rings. The minimum Gasteiger partial charge on any atom is -0.337 e. The van der Waals surface area contributed by atoms with E-state index in [2.05, 4.69) is 55.4 Å². The van der Waals surface area contributed by atoms with Crippen LogP contribution in [0.1, 0.15) is 18.0 Å². The average Bonchev–Trinajstić information content (AvgIpc) is 2.62. The van der Waals surface area contributed by atoms with Gasteiger partial charge in [-0.3, -0.25) is 0 Å². The Morgan fingerprint density at radius 3 is 2.33 bits per heavy atom. The van der Waals surface area contributed by atoms with Crippen LogP contribution in [0.5, 0.6) is 5.75 Å². The Morgan fingerprint density at radius 1 is 0.833 bits per heavy atom. The van der Waals surface area contributed by atoms with E-state index in [-0.39, 0.29) is 0 Å². The van der Waals surface area contributed by atoms with Gasteiger partial charge in [0.1, 0.15) is 0 Å². The second-order valence-electron chi connectivity index (χ2n) is 6.06. The highest BCUT2D eigenvalue weighted by Gasteiger charge is 2.14. The maximum Gasteiger partial charge on any atom is 0.173 e. The summed E-state index contributed by atoms with van der Waals surface area (Å²) < 4.78 is 0. The fraction of sp³-hybridized carbons (Fsp3) is 0.238. The van der Waals surface area contributed by atoms with Gasteiger partial charge >= 0.3 is 0 Å². The molecule has 0 radical (unpaired) electrons. The van der Waals surface area contributed by atoms with Crippen LogP contribution in [0.4, 0.5) is 0 Å². The van der Waals surface area contributed by atoms with Crippen molar-refractivity contribution >= 4 is 10.8 Å². The van der Waals surface area contributed by atoms with Crippen molar-refractivity contribution in [2.75, 3.05) is 20.7 Å². The van der Waals surface area contributed by atoms with Crippen LogP contribution in [0.25, 0.3) is 10.8 Å². The highest BCUT2D eigenvalue weighted by atomic mass is 17.2. The smallest absolute Gasteiger partial charge is 0.173 e. The lowest BCUT2D eigenvalue weighted by Crippen LogP contribution is -2.21. The Hall–Kier alpha value is -2.36. The first-order valence-electron chi connectivity index (χ1n) is 8.24. The molecule has 124 valence electrons. The molecule has 3 rings (SSSR count). The molecule has 0 saturated heterocycles. The van der Waals surface area contributed by atoms with Gasteiger partial charge in [-0.25, -0.2) is 0 Å². The van der Waals surface area contributed by atoms with Crippen molar-refractivity contribution in [3.05, 3.63) is 78.4 Å². The number of hydrogen-bond acceptors (Lipinski definition) is 3. The molecule has 0 bridgehead atoms. The zero-order valence-electron chi connectivity index (χ0n) is 14.2. The van der Waals surface area contributed by atoms with Gasteiger partial charge < -0.3 is 9.79 Å². The van der Waals surface area contributed by atoms with Crippen molar-refractivity contribution in [2.45, 2.75) is 12.5 Å². The first-order valence-corrected chi connectivity index (χ1v) is 8.24. The third-order valence-corrected chi connectivity index (χ3v) is 4.18. The van der Waals surface area contributed by atoms with Crippen LogP contribution in [0.15, 0.2) is 72.8 Å². The lowest BCUT2D eigenvalue weighted by atomic mass is 10.0. The number of benzene rings is 3. The van der Waals surface area contributed by atoms with Crippen LogP contribution in [-0.4, -0.2) is 25.6 Å². The molecule has 0 amide bonds. The molecule has 0 aliphatic carbocycles. The van der Waals surface area contributed by atoms with Gasteiger partial charge in [0, 0.05) is 11.4 Å². The third-order valence-electron chi connectivity index (χ3n) is 4.18. The van der Waals surface area contributed by atoms with E-state index >= 15 is 0 Å². The summed E-state index contributed by atoms with van der Waals surface area (Å²) in [4.78, 5) is 13.3. The second kappa shape index (κ2) is 7.95. The second-order valence-corrected chi connectivity index (χ2v) is 6.06. The fourth-order valence-corrected chi connectivity index (χ4v) is 2.93. The standard InChI is InChI=1S/C21H23NO2/c1-22(2)20(18-10-4-3-5-11-18)15-16-23-24-21-14-8-12-17-9-6-7-13-19(17)21/h3-14,20H,15-16H2,1-2H3/t20-/m0/s1. The summed E-state index contributed by atoms with van der Waals surface area (Å²) in [6.07, 6.45) is 0.863. The van der Waals surface area contributed by atoms with E-state index in [4.69, 9.17) is 9.78 Å². The molecule has 0 aliphatic heterocycles. The SMILES string of the molecule is CN(C)[C@@H](CCOOc1cccc2ccccc12)c1ccccc1. The summed E-state index contributed by atoms with van der Waals surface area (Å²) in [6, 6.07) is 24.9. The van der Waals surface area contributed by atoms with Crippen LogP contribution in [0.3, 0.4) is 0 Å². The van der Waals surface area contributed by atoms with Gasteiger partial charge in [0.25, 0.3) is 0 Å².